The summed E-state index contributed by atoms with van der Waals surface area (Å²) in [6, 6.07) is 21.9. The van der Waals surface area contributed by atoms with E-state index in [-0.39, 0.29) is 0 Å². The van der Waals surface area contributed by atoms with Crippen LogP contribution in [0.25, 0.3) is 0 Å². The van der Waals surface area contributed by atoms with Crippen molar-refractivity contribution < 1.29 is 0 Å². The minimum absolute atomic E-state index is 0.693. The van der Waals surface area contributed by atoms with Gasteiger partial charge in [0.1, 0.15) is 0 Å². The Morgan fingerprint density at radius 1 is 0.810 bits per heavy atom. The molecule has 21 heavy (non-hydrogen) atoms. The molecule has 0 bridgehead atoms. The van der Waals surface area contributed by atoms with Crippen molar-refractivity contribution in [3.05, 3.63) is 71.8 Å². The van der Waals surface area contributed by atoms with Crippen LogP contribution in [0.1, 0.15) is 30.9 Å². The van der Waals surface area contributed by atoms with E-state index in [9.17, 15) is 0 Å². The first kappa shape index (κ1) is 14.3. The molecule has 0 aromatic heterocycles. The van der Waals surface area contributed by atoms with E-state index in [1.165, 1.54) is 24.2 Å². The maximum absolute atomic E-state index is 2.62. The fraction of sp³-hybridized carbons (Fsp3) is 0.400. The predicted molar refractivity (Wildman–Crippen MR) is 89.2 cm³/mol. The normalized spacial score (nSPS) is 26.7. The fourth-order valence-corrected chi connectivity index (χ4v) is 3.98. The van der Waals surface area contributed by atoms with E-state index in [1.807, 2.05) is 0 Å². The Kier molecular flexibility index (Phi) is 4.40. The smallest absolute Gasteiger partial charge is 0.0233 e. The Hall–Kier alpha value is -1.60. The molecule has 2 unspecified atom stereocenters. The molecule has 0 amide bonds. The summed E-state index contributed by atoms with van der Waals surface area (Å²) in [5, 5.41) is 0. The van der Waals surface area contributed by atoms with Gasteiger partial charge >= 0.3 is 0 Å². The lowest BCUT2D eigenvalue weighted by Crippen LogP contribution is -2.42. The average Bonchev–Trinajstić information content (AvgIpc) is 2.49. The van der Waals surface area contributed by atoms with Crippen LogP contribution >= 0.6 is 0 Å². The third-order valence-corrected chi connectivity index (χ3v) is 4.75. The van der Waals surface area contributed by atoms with E-state index in [4.69, 9.17) is 0 Å². The Labute approximate surface area is 128 Å². The second-order valence-corrected chi connectivity index (χ2v) is 6.57. The highest BCUT2D eigenvalue weighted by atomic mass is 15.1. The second kappa shape index (κ2) is 6.44. The lowest BCUT2D eigenvalue weighted by Gasteiger charge is -2.41. The van der Waals surface area contributed by atoms with Gasteiger partial charge in [0.25, 0.3) is 0 Å². The van der Waals surface area contributed by atoms with Crippen molar-refractivity contribution in [1.82, 2.24) is 4.90 Å². The van der Waals surface area contributed by atoms with Gasteiger partial charge in [0, 0.05) is 19.6 Å². The van der Waals surface area contributed by atoms with Gasteiger partial charge in [-0.25, -0.2) is 0 Å². The molecule has 1 saturated heterocycles. The van der Waals surface area contributed by atoms with Gasteiger partial charge < -0.3 is 0 Å². The quantitative estimate of drug-likeness (QED) is 0.796. The zero-order chi connectivity index (χ0) is 14.7. The first-order valence-corrected chi connectivity index (χ1v) is 8.05. The van der Waals surface area contributed by atoms with Crippen LogP contribution in [-0.4, -0.2) is 18.0 Å². The van der Waals surface area contributed by atoms with E-state index in [0.29, 0.717) is 17.8 Å². The largest absolute Gasteiger partial charge is 0.299 e. The molecule has 0 radical (unpaired) electrons. The highest BCUT2D eigenvalue weighted by Gasteiger charge is 2.32. The molecule has 1 fully saturated rings. The van der Waals surface area contributed by atoms with Crippen molar-refractivity contribution >= 4 is 0 Å². The van der Waals surface area contributed by atoms with Gasteiger partial charge in [0.2, 0.25) is 0 Å². The van der Waals surface area contributed by atoms with Crippen LogP contribution < -0.4 is 0 Å². The fourth-order valence-electron chi connectivity index (χ4n) is 3.98. The number of benzene rings is 2. The lowest BCUT2D eigenvalue weighted by molar-refractivity contribution is 0.110. The summed E-state index contributed by atoms with van der Waals surface area (Å²) in [5.74, 6) is 2.11. The molecule has 3 rings (SSSR count). The summed E-state index contributed by atoms with van der Waals surface area (Å²) in [6.07, 6.45) is 0. The van der Waals surface area contributed by atoms with Gasteiger partial charge in [0.15, 0.2) is 0 Å². The molecule has 1 heterocycles. The zero-order valence-corrected chi connectivity index (χ0v) is 13.1. The van der Waals surface area contributed by atoms with E-state index < -0.39 is 0 Å². The number of nitrogens with zero attached hydrogens (tertiary/aromatic N) is 1. The summed E-state index contributed by atoms with van der Waals surface area (Å²) in [5.41, 5.74) is 2.94. The molecular weight excluding hydrogens is 254 g/mol. The van der Waals surface area contributed by atoms with Crippen LogP contribution in [0.4, 0.5) is 0 Å². The van der Waals surface area contributed by atoms with Crippen molar-refractivity contribution in [2.75, 3.05) is 13.1 Å². The third-order valence-electron chi connectivity index (χ3n) is 4.75. The van der Waals surface area contributed by atoms with Crippen LogP contribution in [0.15, 0.2) is 60.7 Å². The number of hydrogen-bond acceptors (Lipinski definition) is 1. The molecular formula is C20H25N. The average molecular weight is 279 g/mol. The summed E-state index contributed by atoms with van der Waals surface area (Å²) < 4.78 is 0. The Balaban J connectivity index is 1.70. The molecule has 0 spiro atoms. The number of rotatable bonds is 3. The summed E-state index contributed by atoms with van der Waals surface area (Å²) in [6.45, 7) is 8.28. The van der Waals surface area contributed by atoms with Crippen LogP contribution in [0.5, 0.6) is 0 Å². The van der Waals surface area contributed by atoms with Gasteiger partial charge in [-0.1, -0.05) is 74.5 Å². The summed E-state index contributed by atoms with van der Waals surface area (Å²) in [7, 11) is 0. The Morgan fingerprint density at radius 2 is 1.33 bits per heavy atom. The predicted octanol–water partition coefficient (Wildman–Crippen LogP) is 4.56. The zero-order valence-electron chi connectivity index (χ0n) is 13.1. The van der Waals surface area contributed by atoms with Crippen molar-refractivity contribution in [1.29, 1.82) is 0 Å². The van der Waals surface area contributed by atoms with Crippen molar-refractivity contribution in [3.8, 4) is 0 Å². The van der Waals surface area contributed by atoms with E-state index >= 15 is 0 Å². The SMILES string of the molecule is CC1CN(Cc2ccccc2)CC(C)C1c1ccccc1. The van der Waals surface area contributed by atoms with E-state index in [0.717, 1.165) is 6.54 Å². The highest BCUT2D eigenvalue weighted by molar-refractivity contribution is 5.22. The molecule has 2 atom stereocenters. The molecule has 0 aliphatic carbocycles. The summed E-state index contributed by atoms with van der Waals surface area (Å²) in [4.78, 5) is 2.62. The number of piperidine rings is 1. The van der Waals surface area contributed by atoms with Crippen LogP contribution in [0.2, 0.25) is 0 Å². The van der Waals surface area contributed by atoms with Gasteiger partial charge in [-0.05, 0) is 28.9 Å². The Morgan fingerprint density at radius 3 is 1.90 bits per heavy atom. The van der Waals surface area contributed by atoms with E-state index in [2.05, 4.69) is 79.4 Å². The third kappa shape index (κ3) is 3.36. The van der Waals surface area contributed by atoms with Crippen molar-refractivity contribution in [2.45, 2.75) is 26.3 Å². The minimum Gasteiger partial charge on any atom is -0.299 e. The summed E-state index contributed by atoms with van der Waals surface area (Å²) >= 11 is 0. The molecule has 1 aliphatic heterocycles. The second-order valence-electron chi connectivity index (χ2n) is 6.57. The molecule has 1 nitrogen and oxygen atoms in total. The molecule has 0 saturated carbocycles. The molecule has 1 heteroatoms. The van der Waals surface area contributed by atoms with Gasteiger partial charge in [-0.15, -0.1) is 0 Å². The van der Waals surface area contributed by atoms with E-state index in [1.54, 1.807) is 0 Å². The first-order valence-electron chi connectivity index (χ1n) is 8.05. The van der Waals surface area contributed by atoms with Crippen molar-refractivity contribution in [2.24, 2.45) is 11.8 Å². The maximum atomic E-state index is 2.62. The van der Waals surface area contributed by atoms with Gasteiger partial charge in [0.05, 0.1) is 0 Å². The maximum Gasteiger partial charge on any atom is 0.0233 e. The van der Waals surface area contributed by atoms with Crippen LogP contribution in [-0.2, 0) is 6.54 Å². The molecule has 110 valence electrons. The molecule has 1 aliphatic rings. The van der Waals surface area contributed by atoms with Gasteiger partial charge in [-0.2, -0.15) is 0 Å². The minimum atomic E-state index is 0.693. The van der Waals surface area contributed by atoms with Crippen LogP contribution in [0, 0.1) is 11.8 Å². The monoisotopic (exact) mass is 279 g/mol. The van der Waals surface area contributed by atoms with Gasteiger partial charge in [-0.3, -0.25) is 4.90 Å². The first-order chi connectivity index (χ1) is 10.2. The lowest BCUT2D eigenvalue weighted by atomic mass is 9.75. The molecule has 2 aromatic rings. The Bertz CT molecular complexity index is 537. The standard InChI is InChI=1S/C20H25N/c1-16-13-21(15-18-9-5-3-6-10-18)14-17(2)20(16)19-11-7-4-8-12-19/h3-12,16-17,20H,13-15H2,1-2H3. The van der Waals surface area contributed by atoms with Crippen LogP contribution in [0.3, 0.4) is 0 Å². The van der Waals surface area contributed by atoms with Crippen molar-refractivity contribution in [3.63, 3.8) is 0 Å². The number of likely N-dealkylation sites (tertiary alicyclic amines) is 1. The number of hydrogen-bond donors (Lipinski definition) is 0. The highest BCUT2D eigenvalue weighted by Crippen LogP contribution is 2.37. The topological polar surface area (TPSA) is 3.24 Å². The molecule has 2 aromatic carbocycles. The molecule has 0 N–H and O–H groups in total.